The molecule has 2 aromatic heterocycles. The number of aliphatic hydroxyl groups excluding tert-OH is 2. The number of piperidine rings is 1. The molecule has 1 atom stereocenters. The predicted octanol–water partition coefficient (Wildman–Crippen LogP) is 2.20. The Balaban J connectivity index is 1.64. The van der Waals surface area contributed by atoms with Crippen LogP contribution in [0.25, 0.3) is 11.0 Å². The lowest BCUT2D eigenvalue weighted by atomic mass is 9.99. The number of hydrogen-bond acceptors (Lipinski definition) is 7. The standard InChI is InChI=1S/C23H32N6O3/c1-13(2)29-21-19(12-25-29)17(10-20(27-21)28-7-5-16(30)6-8-28)22(31)24-11-18-14(3)9-15(4)26-23(18)32/h10,12-13,16,23,30,32H,5-9,11H2,1-4H3,(H,24,31). The monoisotopic (exact) mass is 440 g/mol. The van der Waals surface area contributed by atoms with Crippen LogP contribution >= 0.6 is 0 Å². The van der Waals surface area contributed by atoms with E-state index in [0.717, 1.165) is 16.9 Å². The summed E-state index contributed by atoms with van der Waals surface area (Å²) in [5.41, 5.74) is 3.83. The summed E-state index contributed by atoms with van der Waals surface area (Å²) in [4.78, 5) is 24.4. The SMILES string of the molecule is CC1=NC(O)C(CNC(=O)c2cc(N3CCC(O)CC3)nc3c2cnn3C(C)C)=C(C)C1. The minimum atomic E-state index is -0.916. The molecule has 1 unspecified atom stereocenters. The summed E-state index contributed by atoms with van der Waals surface area (Å²) in [7, 11) is 0. The molecule has 2 aliphatic rings. The number of hydrogen-bond donors (Lipinski definition) is 3. The van der Waals surface area contributed by atoms with Crippen molar-refractivity contribution in [1.29, 1.82) is 0 Å². The normalized spacial score (nSPS) is 20.3. The van der Waals surface area contributed by atoms with Gasteiger partial charge in [-0.3, -0.25) is 9.79 Å². The molecule has 9 nitrogen and oxygen atoms in total. The van der Waals surface area contributed by atoms with E-state index in [0.29, 0.717) is 54.8 Å². The molecule has 1 saturated heterocycles. The Bertz CT molecular complexity index is 1080. The topological polar surface area (TPSA) is 116 Å². The number of aliphatic hydroxyl groups is 2. The lowest BCUT2D eigenvalue weighted by Gasteiger charge is -2.31. The van der Waals surface area contributed by atoms with Crippen LogP contribution in [0, 0.1) is 0 Å². The van der Waals surface area contributed by atoms with Crippen molar-refractivity contribution >= 4 is 28.5 Å². The maximum atomic E-state index is 13.3. The second-order valence-corrected chi connectivity index (χ2v) is 9.07. The molecule has 0 aromatic carbocycles. The maximum Gasteiger partial charge on any atom is 0.252 e. The maximum absolute atomic E-state index is 13.3. The number of anilines is 1. The van der Waals surface area contributed by atoms with Gasteiger partial charge in [-0.05, 0) is 52.2 Å². The third-order valence-electron chi connectivity index (χ3n) is 6.24. The van der Waals surface area contributed by atoms with Gasteiger partial charge in [0.15, 0.2) is 11.9 Å². The van der Waals surface area contributed by atoms with Crippen molar-refractivity contribution in [1.82, 2.24) is 20.1 Å². The van der Waals surface area contributed by atoms with E-state index in [9.17, 15) is 15.0 Å². The Morgan fingerprint density at radius 1 is 1.25 bits per heavy atom. The van der Waals surface area contributed by atoms with Crippen molar-refractivity contribution < 1.29 is 15.0 Å². The van der Waals surface area contributed by atoms with Gasteiger partial charge in [0, 0.05) is 37.8 Å². The van der Waals surface area contributed by atoms with E-state index in [4.69, 9.17) is 4.98 Å². The molecule has 2 aromatic rings. The van der Waals surface area contributed by atoms with E-state index in [1.807, 2.05) is 38.4 Å². The fraction of sp³-hybridized carbons (Fsp3) is 0.565. The Hall–Kier alpha value is -2.78. The van der Waals surface area contributed by atoms with Gasteiger partial charge in [-0.15, -0.1) is 0 Å². The van der Waals surface area contributed by atoms with Crippen molar-refractivity contribution in [3.05, 3.63) is 29.0 Å². The highest BCUT2D eigenvalue weighted by molar-refractivity contribution is 6.06. The van der Waals surface area contributed by atoms with E-state index in [-0.39, 0.29) is 24.6 Å². The average Bonchev–Trinajstić information content (AvgIpc) is 3.17. The van der Waals surface area contributed by atoms with E-state index < -0.39 is 6.23 Å². The van der Waals surface area contributed by atoms with Gasteiger partial charge in [0.05, 0.1) is 23.3 Å². The minimum absolute atomic E-state index is 0.0978. The zero-order valence-corrected chi connectivity index (χ0v) is 19.2. The first-order valence-electron chi connectivity index (χ1n) is 11.2. The zero-order valence-electron chi connectivity index (χ0n) is 19.2. The van der Waals surface area contributed by atoms with Crippen molar-refractivity contribution in [3.63, 3.8) is 0 Å². The third-order valence-corrected chi connectivity index (χ3v) is 6.24. The molecule has 0 aliphatic carbocycles. The van der Waals surface area contributed by atoms with Gasteiger partial charge in [0.25, 0.3) is 5.91 Å². The second kappa shape index (κ2) is 8.99. The van der Waals surface area contributed by atoms with Gasteiger partial charge in [-0.25, -0.2) is 9.67 Å². The minimum Gasteiger partial charge on any atom is -0.393 e. The molecule has 0 saturated carbocycles. The number of dihydropyridines is 1. The molecule has 0 bridgehead atoms. The van der Waals surface area contributed by atoms with E-state index in [1.54, 1.807) is 6.20 Å². The highest BCUT2D eigenvalue weighted by Crippen LogP contribution is 2.27. The van der Waals surface area contributed by atoms with Gasteiger partial charge in [-0.1, -0.05) is 5.57 Å². The second-order valence-electron chi connectivity index (χ2n) is 9.07. The molecule has 172 valence electrons. The van der Waals surface area contributed by atoms with Gasteiger partial charge >= 0.3 is 0 Å². The largest absolute Gasteiger partial charge is 0.393 e. The smallest absolute Gasteiger partial charge is 0.252 e. The molecule has 1 amide bonds. The summed E-state index contributed by atoms with van der Waals surface area (Å²) < 4.78 is 1.82. The van der Waals surface area contributed by atoms with Gasteiger partial charge in [0.2, 0.25) is 0 Å². The lowest BCUT2D eigenvalue weighted by molar-refractivity contribution is 0.0955. The number of carbonyl (C=O) groups excluding carboxylic acids is 1. The summed E-state index contributed by atoms with van der Waals surface area (Å²) in [6.07, 6.45) is 2.54. The number of allylic oxidation sites excluding steroid dienone is 1. The summed E-state index contributed by atoms with van der Waals surface area (Å²) >= 11 is 0. The molecule has 1 fully saturated rings. The molecular formula is C23H32N6O3. The molecule has 0 spiro atoms. The fourth-order valence-corrected chi connectivity index (χ4v) is 4.39. The number of nitrogens with one attached hydrogen (secondary N) is 1. The number of aliphatic imine (C=N–C) groups is 1. The van der Waals surface area contributed by atoms with Crippen LogP contribution in [0.15, 0.2) is 28.4 Å². The summed E-state index contributed by atoms with van der Waals surface area (Å²) in [6.45, 7) is 9.51. The van der Waals surface area contributed by atoms with E-state index >= 15 is 0 Å². The lowest BCUT2D eigenvalue weighted by Crippen LogP contribution is -2.36. The van der Waals surface area contributed by atoms with Crippen LogP contribution < -0.4 is 10.2 Å². The first kappa shape index (κ1) is 22.4. The van der Waals surface area contributed by atoms with Crippen LogP contribution in [0.5, 0.6) is 0 Å². The Morgan fingerprint density at radius 3 is 2.62 bits per heavy atom. The van der Waals surface area contributed by atoms with E-state index in [2.05, 4.69) is 20.3 Å². The van der Waals surface area contributed by atoms with Crippen LogP contribution in [-0.4, -0.2) is 68.6 Å². The number of pyridine rings is 1. The number of amides is 1. The van der Waals surface area contributed by atoms with Crippen LogP contribution in [-0.2, 0) is 0 Å². The van der Waals surface area contributed by atoms with Crippen molar-refractivity contribution in [2.24, 2.45) is 4.99 Å². The average molecular weight is 441 g/mol. The first-order valence-corrected chi connectivity index (χ1v) is 11.2. The van der Waals surface area contributed by atoms with Gasteiger partial charge < -0.3 is 20.4 Å². The van der Waals surface area contributed by atoms with Crippen molar-refractivity contribution in [3.8, 4) is 0 Å². The quantitative estimate of drug-likeness (QED) is 0.614. The number of fused-ring (bicyclic) bond motifs is 1. The Labute approximate surface area is 187 Å². The van der Waals surface area contributed by atoms with Gasteiger partial charge in [0.1, 0.15) is 5.82 Å². The molecule has 4 heterocycles. The molecule has 9 heteroatoms. The number of aromatic nitrogens is 3. The molecule has 0 radical (unpaired) electrons. The molecular weight excluding hydrogens is 408 g/mol. The first-order chi connectivity index (χ1) is 15.2. The molecule has 2 aliphatic heterocycles. The molecule has 32 heavy (non-hydrogen) atoms. The zero-order chi connectivity index (χ0) is 23.0. The Kier molecular flexibility index (Phi) is 6.30. The predicted molar refractivity (Wildman–Crippen MR) is 124 cm³/mol. The van der Waals surface area contributed by atoms with Crippen LogP contribution in [0.1, 0.15) is 63.4 Å². The fourth-order valence-electron chi connectivity index (χ4n) is 4.39. The molecule has 3 N–H and O–H groups in total. The summed E-state index contributed by atoms with van der Waals surface area (Å²) in [6, 6.07) is 1.91. The third kappa shape index (κ3) is 4.40. The van der Waals surface area contributed by atoms with Crippen LogP contribution in [0.4, 0.5) is 5.82 Å². The van der Waals surface area contributed by atoms with Crippen LogP contribution in [0.3, 0.4) is 0 Å². The number of carbonyl (C=O) groups is 1. The van der Waals surface area contributed by atoms with Crippen LogP contribution in [0.2, 0.25) is 0 Å². The summed E-state index contributed by atoms with van der Waals surface area (Å²) in [5.74, 6) is 0.475. The highest BCUT2D eigenvalue weighted by Gasteiger charge is 2.24. The molecule has 4 rings (SSSR count). The Morgan fingerprint density at radius 2 is 1.97 bits per heavy atom. The van der Waals surface area contributed by atoms with Crippen molar-refractivity contribution in [2.45, 2.75) is 65.3 Å². The highest BCUT2D eigenvalue weighted by atomic mass is 16.3. The van der Waals surface area contributed by atoms with Gasteiger partial charge in [-0.2, -0.15) is 5.10 Å². The summed E-state index contributed by atoms with van der Waals surface area (Å²) in [5, 5.41) is 28.3. The van der Waals surface area contributed by atoms with Crippen molar-refractivity contribution in [2.75, 3.05) is 24.5 Å². The number of rotatable bonds is 5. The number of nitrogens with zero attached hydrogens (tertiary/aromatic N) is 5. The van der Waals surface area contributed by atoms with E-state index in [1.165, 1.54) is 0 Å².